The van der Waals surface area contributed by atoms with Crippen molar-refractivity contribution in [1.82, 2.24) is 20.9 Å². The van der Waals surface area contributed by atoms with Crippen molar-refractivity contribution < 1.29 is 4.79 Å². The minimum absolute atomic E-state index is 0.00624. The van der Waals surface area contributed by atoms with Gasteiger partial charge in [0.2, 0.25) is 0 Å². The average molecular weight is 206 g/mol. The van der Waals surface area contributed by atoms with Crippen molar-refractivity contribution in [1.29, 1.82) is 0 Å². The van der Waals surface area contributed by atoms with E-state index in [1.807, 2.05) is 0 Å². The third kappa shape index (κ3) is 2.74. The van der Waals surface area contributed by atoms with Gasteiger partial charge >= 0.3 is 0 Å². The molecule has 3 N–H and O–H groups in total. The summed E-state index contributed by atoms with van der Waals surface area (Å²) in [6.07, 6.45) is 1.61. The van der Waals surface area contributed by atoms with Gasteiger partial charge in [0.15, 0.2) is 0 Å². The predicted molar refractivity (Wildman–Crippen MR) is 56.4 cm³/mol. The molecule has 0 aromatic carbocycles. The van der Waals surface area contributed by atoms with Crippen LogP contribution in [0, 0.1) is 0 Å². The summed E-state index contributed by atoms with van der Waals surface area (Å²) in [5.41, 5.74) is 0.449. The summed E-state index contributed by atoms with van der Waals surface area (Å²) in [7, 11) is 0. The van der Waals surface area contributed by atoms with E-state index in [9.17, 15) is 4.79 Å². The largest absolute Gasteiger partial charge is 0.334 e. The highest BCUT2D eigenvalue weighted by atomic mass is 16.2. The fraction of sp³-hybridized carbons (Fsp3) is 0.400. The number of carbonyl (C=O) groups excluding carboxylic acids is 1. The SMILES string of the molecule is O=C(NC1CNCCN1)c1ccccn1. The Morgan fingerprint density at radius 3 is 3.07 bits per heavy atom. The highest BCUT2D eigenvalue weighted by Gasteiger charge is 2.15. The molecular weight excluding hydrogens is 192 g/mol. The smallest absolute Gasteiger partial charge is 0.271 e. The number of carbonyl (C=O) groups is 1. The van der Waals surface area contributed by atoms with Gasteiger partial charge in [0.05, 0.1) is 6.17 Å². The van der Waals surface area contributed by atoms with Crippen molar-refractivity contribution >= 4 is 5.91 Å². The van der Waals surface area contributed by atoms with Crippen LogP contribution < -0.4 is 16.0 Å². The first kappa shape index (κ1) is 10.1. The standard InChI is InChI=1S/C10H14N4O/c15-10(8-3-1-2-4-12-8)14-9-7-11-5-6-13-9/h1-4,9,11,13H,5-7H2,(H,14,15). The molecule has 5 heteroatoms. The van der Waals surface area contributed by atoms with Gasteiger partial charge in [0.25, 0.3) is 5.91 Å². The molecule has 1 unspecified atom stereocenters. The molecule has 1 aliphatic heterocycles. The molecule has 0 bridgehead atoms. The number of piperazine rings is 1. The first-order chi connectivity index (χ1) is 7.36. The van der Waals surface area contributed by atoms with E-state index in [1.54, 1.807) is 24.4 Å². The van der Waals surface area contributed by atoms with Gasteiger partial charge in [0, 0.05) is 25.8 Å². The second-order valence-electron chi connectivity index (χ2n) is 3.40. The first-order valence-electron chi connectivity index (χ1n) is 5.02. The summed E-state index contributed by atoms with van der Waals surface area (Å²) < 4.78 is 0. The Kier molecular flexibility index (Phi) is 3.26. The van der Waals surface area contributed by atoms with Crippen LogP contribution in [0.5, 0.6) is 0 Å². The van der Waals surface area contributed by atoms with E-state index in [4.69, 9.17) is 0 Å². The molecule has 1 aromatic heterocycles. The lowest BCUT2D eigenvalue weighted by Gasteiger charge is -2.25. The molecule has 0 aliphatic carbocycles. The predicted octanol–water partition coefficient (Wildman–Crippen LogP) is -0.670. The van der Waals surface area contributed by atoms with Crippen LogP contribution in [0.25, 0.3) is 0 Å². The second kappa shape index (κ2) is 4.86. The van der Waals surface area contributed by atoms with Crippen LogP contribution in [0.4, 0.5) is 0 Å². The summed E-state index contributed by atoms with van der Waals surface area (Å²) in [4.78, 5) is 15.7. The van der Waals surface area contributed by atoms with E-state index in [2.05, 4.69) is 20.9 Å². The molecule has 1 atom stereocenters. The molecule has 15 heavy (non-hydrogen) atoms. The number of hydrogen-bond acceptors (Lipinski definition) is 4. The van der Waals surface area contributed by atoms with Crippen molar-refractivity contribution in [3.8, 4) is 0 Å². The van der Waals surface area contributed by atoms with Crippen LogP contribution in [0.15, 0.2) is 24.4 Å². The van der Waals surface area contributed by atoms with E-state index in [1.165, 1.54) is 0 Å². The molecule has 1 saturated heterocycles. The van der Waals surface area contributed by atoms with Crippen LogP contribution in [-0.4, -0.2) is 36.7 Å². The van der Waals surface area contributed by atoms with Gasteiger partial charge < -0.3 is 10.6 Å². The van der Waals surface area contributed by atoms with Crippen molar-refractivity contribution in [2.45, 2.75) is 6.17 Å². The molecule has 1 fully saturated rings. The van der Waals surface area contributed by atoms with Gasteiger partial charge in [-0.05, 0) is 12.1 Å². The zero-order valence-corrected chi connectivity index (χ0v) is 8.36. The van der Waals surface area contributed by atoms with Crippen LogP contribution in [-0.2, 0) is 0 Å². The van der Waals surface area contributed by atoms with Crippen molar-refractivity contribution in [3.05, 3.63) is 30.1 Å². The molecule has 0 spiro atoms. The van der Waals surface area contributed by atoms with Gasteiger partial charge in [-0.3, -0.25) is 15.1 Å². The molecule has 5 nitrogen and oxygen atoms in total. The fourth-order valence-electron chi connectivity index (χ4n) is 1.48. The third-order valence-electron chi connectivity index (χ3n) is 2.24. The lowest BCUT2D eigenvalue weighted by molar-refractivity contribution is 0.0920. The highest BCUT2D eigenvalue weighted by molar-refractivity contribution is 5.92. The Morgan fingerprint density at radius 1 is 1.47 bits per heavy atom. The Labute approximate surface area is 88.3 Å². The van der Waals surface area contributed by atoms with Crippen LogP contribution in [0.2, 0.25) is 0 Å². The van der Waals surface area contributed by atoms with Gasteiger partial charge in [-0.15, -0.1) is 0 Å². The molecule has 2 heterocycles. The van der Waals surface area contributed by atoms with Crippen LogP contribution in [0.1, 0.15) is 10.5 Å². The Morgan fingerprint density at radius 2 is 2.40 bits per heavy atom. The van der Waals surface area contributed by atoms with E-state index in [0.717, 1.165) is 19.6 Å². The van der Waals surface area contributed by atoms with E-state index in [-0.39, 0.29) is 12.1 Å². The summed E-state index contributed by atoms with van der Waals surface area (Å²) in [6.45, 7) is 2.56. The van der Waals surface area contributed by atoms with Crippen LogP contribution in [0.3, 0.4) is 0 Å². The minimum Gasteiger partial charge on any atom is -0.334 e. The summed E-state index contributed by atoms with van der Waals surface area (Å²) >= 11 is 0. The lowest BCUT2D eigenvalue weighted by Crippen LogP contribution is -2.57. The quantitative estimate of drug-likeness (QED) is 0.600. The Balaban J connectivity index is 1.91. The number of hydrogen-bond donors (Lipinski definition) is 3. The molecule has 1 aliphatic rings. The van der Waals surface area contributed by atoms with Crippen molar-refractivity contribution in [2.75, 3.05) is 19.6 Å². The zero-order chi connectivity index (χ0) is 10.5. The monoisotopic (exact) mass is 206 g/mol. The molecule has 1 aromatic rings. The van der Waals surface area contributed by atoms with Crippen LogP contribution >= 0.6 is 0 Å². The molecule has 80 valence electrons. The van der Waals surface area contributed by atoms with Gasteiger partial charge in [-0.1, -0.05) is 6.07 Å². The van der Waals surface area contributed by atoms with E-state index < -0.39 is 0 Å². The Bertz CT molecular complexity index is 321. The minimum atomic E-state index is -0.142. The molecule has 2 rings (SSSR count). The summed E-state index contributed by atoms with van der Waals surface area (Å²) in [5, 5.41) is 9.25. The maximum absolute atomic E-state index is 11.7. The Hall–Kier alpha value is -1.46. The molecule has 0 radical (unpaired) electrons. The van der Waals surface area contributed by atoms with Crippen molar-refractivity contribution in [2.24, 2.45) is 0 Å². The highest BCUT2D eigenvalue weighted by Crippen LogP contribution is 1.94. The number of amides is 1. The number of pyridine rings is 1. The van der Waals surface area contributed by atoms with Gasteiger partial charge in [-0.25, -0.2) is 0 Å². The maximum atomic E-state index is 11.7. The molecule has 1 amide bonds. The summed E-state index contributed by atoms with van der Waals surface area (Å²) in [5.74, 6) is -0.142. The van der Waals surface area contributed by atoms with Crippen molar-refractivity contribution in [3.63, 3.8) is 0 Å². The second-order valence-corrected chi connectivity index (χ2v) is 3.40. The zero-order valence-electron chi connectivity index (χ0n) is 8.36. The number of aromatic nitrogens is 1. The van der Waals surface area contributed by atoms with Gasteiger partial charge in [-0.2, -0.15) is 0 Å². The topological polar surface area (TPSA) is 66.1 Å². The third-order valence-corrected chi connectivity index (χ3v) is 2.24. The fourth-order valence-corrected chi connectivity index (χ4v) is 1.48. The number of rotatable bonds is 2. The molecule has 0 saturated carbocycles. The maximum Gasteiger partial charge on any atom is 0.271 e. The average Bonchev–Trinajstić information content (AvgIpc) is 2.31. The first-order valence-corrected chi connectivity index (χ1v) is 5.02. The van der Waals surface area contributed by atoms with E-state index in [0.29, 0.717) is 5.69 Å². The molecular formula is C10H14N4O. The number of nitrogens with zero attached hydrogens (tertiary/aromatic N) is 1. The lowest BCUT2D eigenvalue weighted by atomic mass is 10.3. The summed E-state index contributed by atoms with van der Waals surface area (Å²) in [6, 6.07) is 5.29. The number of nitrogens with one attached hydrogen (secondary N) is 3. The van der Waals surface area contributed by atoms with E-state index >= 15 is 0 Å². The van der Waals surface area contributed by atoms with Gasteiger partial charge in [0.1, 0.15) is 5.69 Å². The normalized spacial score (nSPS) is 20.9.